The Hall–Kier alpha value is -1.80. The summed E-state index contributed by atoms with van der Waals surface area (Å²) < 4.78 is 38.1. The number of carbonyl (C=O) groups excluding carboxylic acids is 1. The van der Waals surface area contributed by atoms with Crippen molar-refractivity contribution in [3.05, 3.63) is 18.2 Å². The molecule has 152 valence electrons. The highest BCUT2D eigenvalue weighted by atomic mass is 32.2. The lowest BCUT2D eigenvalue weighted by atomic mass is 9.98. The van der Waals surface area contributed by atoms with Crippen molar-refractivity contribution >= 4 is 15.9 Å². The van der Waals surface area contributed by atoms with Crippen LogP contribution in [0.5, 0.6) is 11.5 Å². The lowest BCUT2D eigenvalue weighted by Crippen LogP contribution is -2.45. The van der Waals surface area contributed by atoms with E-state index < -0.39 is 10.0 Å². The van der Waals surface area contributed by atoms with Gasteiger partial charge in [0.25, 0.3) is 0 Å². The Labute approximate surface area is 162 Å². The number of methoxy groups -OCH3 is 2. The minimum atomic E-state index is -3.79. The van der Waals surface area contributed by atoms with Crippen LogP contribution < -0.4 is 14.8 Å². The molecule has 1 aromatic carbocycles. The highest BCUT2D eigenvalue weighted by Crippen LogP contribution is 2.32. The van der Waals surface area contributed by atoms with Crippen molar-refractivity contribution in [1.82, 2.24) is 9.62 Å². The zero-order valence-electron chi connectivity index (χ0n) is 16.5. The van der Waals surface area contributed by atoms with E-state index in [1.807, 2.05) is 0 Å². The number of carbonyl (C=O) groups is 1. The molecule has 1 aliphatic heterocycles. The zero-order valence-corrected chi connectivity index (χ0v) is 17.3. The van der Waals surface area contributed by atoms with Crippen molar-refractivity contribution in [2.75, 3.05) is 33.9 Å². The van der Waals surface area contributed by atoms with E-state index in [1.54, 1.807) is 12.1 Å². The van der Waals surface area contributed by atoms with Gasteiger partial charge in [0.15, 0.2) is 0 Å². The third kappa shape index (κ3) is 5.35. The number of nitrogens with zero attached hydrogens (tertiary/aromatic N) is 1. The normalized spacial score (nSPS) is 18.3. The van der Waals surface area contributed by atoms with E-state index in [4.69, 9.17) is 9.47 Å². The van der Waals surface area contributed by atoms with Crippen LogP contribution in [0.1, 0.15) is 33.1 Å². The van der Waals surface area contributed by atoms with Crippen molar-refractivity contribution in [2.45, 2.75) is 38.0 Å². The first kappa shape index (κ1) is 21.5. The number of nitrogens with one attached hydrogen (secondary N) is 1. The number of sulfonamides is 1. The second-order valence-corrected chi connectivity index (χ2v) is 9.10. The smallest absolute Gasteiger partial charge is 0.246 e. The van der Waals surface area contributed by atoms with E-state index in [2.05, 4.69) is 19.2 Å². The highest BCUT2D eigenvalue weighted by molar-refractivity contribution is 7.89. The standard InChI is InChI=1S/C19H30N2O5S/c1-14(2)9-10-20-19(22)15-6-5-11-21(13-15)27(23,24)18-12-16(25-3)7-8-17(18)26-4/h7-8,12,14-15H,5-6,9-11,13H2,1-4H3,(H,20,22)/t15-/m0/s1. The summed E-state index contributed by atoms with van der Waals surface area (Å²) in [7, 11) is -0.874. The number of ether oxygens (including phenoxy) is 2. The predicted octanol–water partition coefficient (Wildman–Crippen LogP) is 2.27. The van der Waals surface area contributed by atoms with Crippen LogP contribution in [0, 0.1) is 11.8 Å². The largest absolute Gasteiger partial charge is 0.497 e. The van der Waals surface area contributed by atoms with Gasteiger partial charge >= 0.3 is 0 Å². The van der Waals surface area contributed by atoms with Gasteiger partial charge in [-0.1, -0.05) is 13.8 Å². The maximum atomic E-state index is 13.2. The molecule has 2 rings (SSSR count). The molecule has 1 aromatic rings. The van der Waals surface area contributed by atoms with Gasteiger partial charge in [-0.25, -0.2) is 8.42 Å². The summed E-state index contributed by atoms with van der Waals surface area (Å²) in [4.78, 5) is 12.5. The average Bonchev–Trinajstić information content (AvgIpc) is 2.67. The molecule has 0 aromatic heterocycles. The minimum absolute atomic E-state index is 0.0604. The number of piperidine rings is 1. The first-order chi connectivity index (χ1) is 12.8. The van der Waals surface area contributed by atoms with Crippen LogP contribution in [0.15, 0.2) is 23.1 Å². The molecule has 1 N–H and O–H groups in total. The Morgan fingerprint density at radius 3 is 2.67 bits per heavy atom. The van der Waals surface area contributed by atoms with Gasteiger partial charge in [-0.3, -0.25) is 4.79 Å². The number of hydrogen-bond acceptors (Lipinski definition) is 5. The van der Waals surface area contributed by atoms with E-state index in [9.17, 15) is 13.2 Å². The summed E-state index contributed by atoms with van der Waals surface area (Å²) in [5.74, 6) is 0.799. The fourth-order valence-electron chi connectivity index (χ4n) is 3.13. The van der Waals surface area contributed by atoms with Gasteiger partial charge in [0.05, 0.1) is 20.1 Å². The molecule has 0 radical (unpaired) electrons. The Morgan fingerprint density at radius 2 is 2.04 bits per heavy atom. The van der Waals surface area contributed by atoms with E-state index in [-0.39, 0.29) is 29.0 Å². The fourth-order valence-corrected chi connectivity index (χ4v) is 4.82. The molecule has 8 heteroatoms. The number of hydrogen-bond donors (Lipinski definition) is 1. The van der Waals surface area contributed by atoms with Crippen molar-refractivity contribution in [1.29, 1.82) is 0 Å². The first-order valence-corrected chi connectivity index (χ1v) is 10.7. The first-order valence-electron chi connectivity index (χ1n) is 9.29. The van der Waals surface area contributed by atoms with Crippen LogP contribution >= 0.6 is 0 Å². The van der Waals surface area contributed by atoms with Gasteiger partial charge in [0.2, 0.25) is 15.9 Å². The summed E-state index contributed by atoms with van der Waals surface area (Å²) in [6.07, 6.45) is 2.24. The van der Waals surface area contributed by atoms with E-state index in [0.717, 1.165) is 6.42 Å². The molecule has 1 fully saturated rings. The van der Waals surface area contributed by atoms with Crippen molar-refractivity contribution in [3.8, 4) is 11.5 Å². The lowest BCUT2D eigenvalue weighted by molar-refractivity contribution is -0.126. The van der Waals surface area contributed by atoms with Gasteiger partial charge in [0, 0.05) is 25.7 Å². The van der Waals surface area contributed by atoms with Gasteiger partial charge in [-0.05, 0) is 37.3 Å². The molecule has 1 atom stereocenters. The van der Waals surface area contributed by atoms with Crippen molar-refractivity contribution in [2.24, 2.45) is 11.8 Å². The SMILES string of the molecule is COc1ccc(OC)c(S(=O)(=O)N2CCC[C@H](C(=O)NCCC(C)C)C2)c1. The molecule has 0 saturated carbocycles. The molecule has 7 nitrogen and oxygen atoms in total. The lowest BCUT2D eigenvalue weighted by Gasteiger charge is -2.31. The molecule has 0 aliphatic carbocycles. The molecule has 1 aliphatic rings. The fraction of sp³-hybridized carbons (Fsp3) is 0.632. The van der Waals surface area contributed by atoms with Crippen LogP contribution in [-0.2, 0) is 14.8 Å². The highest BCUT2D eigenvalue weighted by Gasteiger charge is 2.35. The van der Waals surface area contributed by atoms with Crippen LogP contribution in [0.3, 0.4) is 0 Å². The predicted molar refractivity (Wildman–Crippen MR) is 103 cm³/mol. The van der Waals surface area contributed by atoms with E-state index in [1.165, 1.54) is 24.6 Å². The Morgan fingerprint density at radius 1 is 1.30 bits per heavy atom. The molecule has 1 heterocycles. The minimum Gasteiger partial charge on any atom is -0.497 e. The summed E-state index contributed by atoms with van der Waals surface area (Å²) >= 11 is 0. The molecule has 1 saturated heterocycles. The summed E-state index contributed by atoms with van der Waals surface area (Å²) in [6, 6.07) is 4.69. The van der Waals surface area contributed by atoms with Crippen LogP contribution in [0.2, 0.25) is 0 Å². The molecule has 27 heavy (non-hydrogen) atoms. The zero-order chi connectivity index (χ0) is 20.0. The summed E-state index contributed by atoms with van der Waals surface area (Å²) in [5, 5.41) is 2.93. The Balaban J connectivity index is 2.16. The topological polar surface area (TPSA) is 84.9 Å². The van der Waals surface area contributed by atoms with Crippen LogP contribution in [0.25, 0.3) is 0 Å². The van der Waals surface area contributed by atoms with Crippen molar-refractivity contribution in [3.63, 3.8) is 0 Å². The molecule has 1 amide bonds. The molecule has 0 spiro atoms. The van der Waals surface area contributed by atoms with Crippen LogP contribution in [-0.4, -0.2) is 52.5 Å². The maximum Gasteiger partial charge on any atom is 0.246 e. The third-order valence-electron chi connectivity index (χ3n) is 4.76. The van der Waals surface area contributed by atoms with Gasteiger partial charge in [-0.2, -0.15) is 4.31 Å². The Kier molecular flexibility index (Phi) is 7.49. The molecular weight excluding hydrogens is 368 g/mol. The van der Waals surface area contributed by atoms with Crippen molar-refractivity contribution < 1.29 is 22.7 Å². The second kappa shape index (κ2) is 9.41. The number of rotatable bonds is 8. The second-order valence-electron chi connectivity index (χ2n) is 7.19. The summed E-state index contributed by atoms with van der Waals surface area (Å²) in [5.41, 5.74) is 0. The summed E-state index contributed by atoms with van der Waals surface area (Å²) in [6.45, 7) is 5.38. The molecule has 0 bridgehead atoms. The van der Waals surface area contributed by atoms with Gasteiger partial charge in [-0.15, -0.1) is 0 Å². The maximum absolute atomic E-state index is 13.2. The van der Waals surface area contributed by atoms with Gasteiger partial charge < -0.3 is 14.8 Å². The van der Waals surface area contributed by atoms with E-state index >= 15 is 0 Å². The van der Waals surface area contributed by atoms with E-state index in [0.29, 0.717) is 37.6 Å². The molecular formula is C19H30N2O5S. The Bertz CT molecular complexity index is 748. The van der Waals surface area contributed by atoms with Gasteiger partial charge in [0.1, 0.15) is 16.4 Å². The number of amides is 1. The number of benzene rings is 1. The quantitative estimate of drug-likeness (QED) is 0.726. The third-order valence-corrected chi connectivity index (χ3v) is 6.65. The average molecular weight is 399 g/mol. The monoisotopic (exact) mass is 398 g/mol. The molecule has 0 unspecified atom stereocenters. The van der Waals surface area contributed by atoms with Crippen LogP contribution in [0.4, 0.5) is 0 Å².